The molecule has 4 N–H and O–H groups in total. The SMILES string of the molecule is CCS(=O)(=O)c1ccc(Cl)cc1CN1C(=O)NC2C(CC(C(F)(F)F)C(CN3CC(NS(N)(=O)=O)C3)C2Cl)C1=O. The molecule has 224 valence electrons. The van der Waals surface area contributed by atoms with Crippen LogP contribution in [0.1, 0.15) is 18.9 Å². The lowest BCUT2D eigenvalue weighted by atomic mass is 9.69. The second-order valence-electron chi connectivity index (χ2n) is 10.2. The van der Waals surface area contributed by atoms with E-state index in [1.165, 1.54) is 25.1 Å². The first-order valence-electron chi connectivity index (χ1n) is 12.3. The van der Waals surface area contributed by atoms with Crippen LogP contribution in [0.4, 0.5) is 18.0 Å². The molecular formula is C22H28Cl2F3N5O6S2. The molecule has 1 aromatic rings. The third-order valence-corrected chi connectivity index (χ3v) is 10.9. The zero-order chi connectivity index (χ0) is 29.8. The number of fused-ring (bicyclic) bond motifs is 1. The standard InChI is InChI=1S/C22H28Cl2F3N5O6S2/c1-2-39(35,36)17-4-3-12(23)5-11(17)7-32-20(33)14-6-16(22(25,26)27)15(18(24)19(14)29-21(32)34)10-31-8-13(9-31)30-40(28,37)38/h3-5,13-16,18-19,30H,2,6-10H2,1H3,(H,29,34)(H2,28,37,38). The molecule has 11 nitrogen and oxygen atoms in total. The van der Waals surface area contributed by atoms with Crippen molar-refractivity contribution in [2.24, 2.45) is 22.9 Å². The van der Waals surface area contributed by atoms with E-state index in [1.807, 2.05) is 0 Å². The monoisotopic (exact) mass is 649 g/mol. The molecule has 4 rings (SSSR count). The van der Waals surface area contributed by atoms with Crippen molar-refractivity contribution in [1.29, 1.82) is 0 Å². The van der Waals surface area contributed by atoms with Gasteiger partial charge in [0.25, 0.3) is 10.2 Å². The van der Waals surface area contributed by atoms with Crippen LogP contribution in [0.15, 0.2) is 23.1 Å². The van der Waals surface area contributed by atoms with Crippen LogP contribution in [0.25, 0.3) is 0 Å². The Balaban J connectivity index is 1.55. The van der Waals surface area contributed by atoms with Crippen molar-refractivity contribution in [2.75, 3.05) is 25.4 Å². The van der Waals surface area contributed by atoms with E-state index in [2.05, 4.69) is 10.0 Å². The fraction of sp³-hybridized carbons (Fsp3) is 0.636. The number of rotatable bonds is 8. The Morgan fingerprint density at radius 1 is 1.18 bits per heavy atom. The predicted molar refractivity (Wildman–Crippen MR) is 139 cm³/mol. The Morgan fingerprint density at radius 2 is 1.82 bits per heavy atom. The van der Waals surface area contributed by atoms with Crippen molar-refractivity contribution in [3.63, 3.8) is 0 Å². The highest BCUT2D eigenvalue weighted by molar-refractivity contribution is 7.91. The average molecular weight is 651 g/mol. The lowest BCUT2D eigenvalue weighted by Crippen LogP contribution is -2.68. The number of alkyl halides is 4. The Kier molecular flexibility index (Phi) is 8.74. The van der Waals surface area contributed by atoms with E-state index in [4.69, 9.17) is 28.3 Å². The molecule has 3 fully saturated rings. The molecule has 5 unspecified atom stereocenters. The third-order valence-electron chi connectivity index (χ3n) is 7.57. The predicted octanol–water partition coefficient (Wildman–Crippen LogP) is 1.45. The summed E-state index contributed by atoms with van der Waals surface area (Å²) in [5, 5.41) is 6.39. The quantitative estimate of drug-likeness (QED) is 0.360. The van der Waals surface area contributed by atoms with Gasteiger partial charge in [-0.25, -0.2) is 18.4 Å². The molecular weight excluding hydrogens is 622 g/mol. The number of carbonyl (C=O) groups is 2. The number of halogens is 5. The minimum Gasteiger partial charge on any atom is -0.333 e. The van der Waals surface area contributed by atoms with Crippen molar-refractivity contribution in [1.82, 2.24) is 19.8 Å². The van der Waals surface area contributed by atoms with Crippen LogP contribution in [0.2, 0.25) is 5.02 Å². The molecule has 18 heteroatoms. The molecule has 2 saturated heterocycles. The van der Waals surface area contributed by atoms with Gasteiger partial charge in [-0.3, -0.25) is 14.6 Å². The maximum Gasteiger partial charge on any atom is 0.392 e. The topological polar surface area (TPSA) is 159 Å². The van der Waals surface area contributed by atoms with Crippen molar-refractivity contribution >= 4 is 55.2 Å². The maximum absolute atomic E-state index is 14.2. The number of hydrogen-bond acceptors (Lipinski definition) is 7. The molecule has 1 aliphatic carbocycles. The highest BCUT2D eigenvalue weighted by Crippen LogP contribution is 2.47. The Morgan fingerprint density at radius 3 is 2.40 bits per heavy atom. The molecule has 3 aliphatic rings. The second kappa shape index (κ2) is 11.2. The second-order valence-corrected chi connectivity index (χ2v) is 14.7. The zero-order valence-corrected chi connectivity index (χ0v) is 24.2. The van der Waals surface area contributed by atoms with Crippen molar-refractivity contribution < 1.29 is 39.6 Å². The smallest absolute Gasteiger partial charge is 0.333 e. The van der Waals surface area contributed by atoms with Crippen molar-refractivity contribution in [3.8, 4) is 0 Å². The largest absolute Gasteiger partial charge is 0.392 e. The number of likely N-dealkylation sites (tertiary alicyclic amines) is 1. The number of nitrogens with zero attached hydrogens (tertiary/aromatic N) is 2. The van der Waals surface area contributed by atoms with E-state index < -0.39 is 86.3 Å². The zero-order valence-electron chi connectivity index (χ0n) is 21.1. The van der Waals surface area contributed by atoms with Gasteiger partial charge in [0, 0.05) is 36.6 Å². The summed E-state index contributed by atoms with van der Waals surface area (Å²) in [5.74, 6) is -5.64. The van der Waals surface area contributed by atoms with E-state index in [0.717, 1.165) is 0 Å². The van der Waals surface area contributed by atoms with Gasteiger partial charge in [-0.05, 0) is 30.2 Å². The molecule has 0 aromatic heterocycles. The summed E-state index contributed by atoms with van der Waals surface area (Å²) < 4.78 is 92.4. The van der Waals surface area contributed by atoms with Crippen LogP contribution in [0.5, 0.6) is 0 Å². The number of amides is 3. The Labute approximate surface area is 239 Å². The minimum absolute atomic E-state index is 0.0558. The molecule has 2 heterocycles. The van der Waals surface area contributed by atoms with Gasteiger partial charge in [0.1, 0.15) is 0 Å². The molecule has 2 aliphatic heterocycles. The van der Waals surface area contributed by atoms with E-state index in [0.29, 0.717) is 4.90 Å². The number of nitrogens with two attached hydrogens (primary N) is 1. The fourth-order valence-corrected chi connectivity index (χ4v) is 8.05. The van der Waals surface area contributed by atoms with Gasteiger partial charge in [-0.15, -0.1) is 11.6 Å². The number of imide groups is 1. The van der Waals surface area contributed by atoms with Gasteiger partial charge in [0.15, 0.2) is 9.84 Å². The number of benzene rings is 1. The summed E-state index contributed by atoms with van der Waals surface area (Å²) in [6.07, 6.45) is -5.35. The number of hydrogen-bond donors (Lipinski definition) is 3. The summed E-state index contributed by atoms with van der Waals surface area (Å²) in [7, 11) is -7.74. The van der Waals surface area contributed by atoms with Gasteiger partial charge in [0.2, 0.25) is 5.91 Å². The number of carbonyl (C=O) groups excluding carboxylic acids is 2. The summed E-state index contributed by atoms with van der Waals surface area (Å²) in [6, 6.07) is 1.33. The van der Waals surface area contributed by atoms with Gasteiger partial charge < -0.3 is 5.32 Å². The van der Waals surface area contributed by atoms with Gasteiger partial charge in [-0.1, -0.05) is 18.5 Å². The van der Waals surface area contributed by atoms with Crippen molar-refractivity contribution in [2.45, 2.75) is 48.4 Å². The van der Waals surface area contributed by atoms with E-state index >= 15 is 0 Å². The lowest BCUT2D eigenvalue weighted by Gasteiger charge is -2.51. The molecule has 40 heavy (non-hydrogen) atoms. The number of urea groups is 1. The molecule has 1 aromatic carbocycles. The van der Waals surface area contributed by atoms with E-state index in [-0.39, 0.29) is 40.9 Å². The first-order valence-corrected chi connectivity index (χ1v) is 16.3. The summed E-state index contributed by atoms with van der Waals surface area (Å²) in [5.41, 5.74) is 0.0558. The van der Waals surface area contributed by atoms with Crippen LogP contribution >= 0.6 is 23.2 Å². The Hall–Kier alpha value is -1.69. The Bertz CT molecular complexity index is 1390. The molecule has 5 atom stereocenters. The maximum atomic E-state index is 14.2. The fourth-order valence-electron chi connectivity index (χ4n) is 5.64. The lowest BCUT2D eigenvalue weighted by molar-refractivity contribution is -0.206. The summed E-state index contributed by atoms with van der Waals surface area (Å²) in [6.45, 7) is 1.01. The molecule has 0 bridgehead atoms. The third kappa shape index (κ3) is 6.52. The van der Waals surface area contributed by atoms with Gasteiger partial charge in [0.05, 0.1) is 40.4 Å². The molecule has 0 radical (unpaired) electrons. The number of nitrogens with one attached hydrogen (secondary N) is 2. The van der Waals surface area contributed by atoms with Gasteiger partial charge >= 0.3 is 12.2 Å². The summed E-state index contributed by atoms with van der Waals surface area (Å²) >= 11 is 12.6. The van der Waals surface area contributed by atoms with Crippen LogP contribution in [0.3, 0.4) is 0 Å². The number of sulfone groups is 1. The summed E-state index contributed by atoms with van der Waals surface area (Å²) in [4.78, 5) is 28.6. The normalized spacial score (nSPS) is 28.7. The first kappa shape index (κ1) is 31.3. The van der Waals surface area contributed by atoms with Crippen LogP contribution < -0.4 is 15.2 Å². The van der Waals surface area contributed by atoms with Crippen LogP contribution in [-0.2, 0) is 31.4 Å². The highest BCUT2D eigenvalue weighted by Gasteiger charge is 2.59. The molecule has 0 spiro atoms. The highest BCUT2D eigenvalue weighted by atomic mass is 35.5. The van der Waals surface area contributed by atoms with Crippen molar-refractivity contribution in [3.05, 3.63) is 28.8 Å². The van der Waals surface area contributed by atoms with E-state index in [9.17, 15) is 39.6 Å². The van der Waals surface area contributed by atoms with E-state index in [1.54, 1.807) is 4.90 Å². The van der Waals surface area contributed by atoms with Crippen LogP contribution in [0, 0.1) is 17.8 Å². The first-order chi connectivity index (χ1) is 18.4. The minimum atomic E-state index is -4.71. The van der Waals surface area contributed by atoms with Crippen LogP contribution in [-0.4, -0.2) is 87.6 Å². The molecule has 3 amide bonds. The molecule has 1 saturated carbocycles. The average Bonchev–Trinajstić information content (AvgIpc) is 2.80. The van der Waals surface area contributed by atoms with Gasteiger partial charge in [-0.2, -0.15) is 26.3 Å².